The summed E-state index contributed by atoms with van der Waals surface area (Å²) >= 11 is 0. The third kappa shape index (κ3) is 7.34. The number of halogens is 2. The van der Waals surface area contributed by atoms with Gasteiger partial charge in [-0.25, -0.2) is 13.6 Å². The van der Waals surface area contributed by atoms with Crippen molar-refractivity contribution in [3.05, 3.63) is 64.7 Å². The Bertz CT molecular complexity index is 800. The van der Waals surface area contributed by atoms with Gasteiger partial charge in [-0.05, 0) is 48.1 Å². The van der Waals surface area contributed by atoms with Crippen LogP contribution in [0.5, 0.6) is 0 Å². The molecule has 2 aromatic rings. The minimum absolute atomic E-state index is 0.153. The lowest BCUT2D eigenvalue weighted by Crippen LogP contribution is -2.30. The van der Waals surface area contributed by atoms with Gasteiger partial charge >= 0.3 is 6.03 Å². The molecule has 0 saturated carbocycles. The number of carbonyl (C=O) groups excluding carboxylic acids is 1. The summed E-state index contributed by atoms with van der Waals surface area (Å²) < 4.78 is 27.2. The first-order valence-electron chi connectivity index (χ1n) is 11.6. The van der Waals surface area contributed by atoms with E-state index < -0.39 is 11.6 Å². The van der Waals surface area contributed by atoms with Gasteiger partial charge < -0.3 is 10.2 Å². The fourth-order valence-electron chi connectivity index (χ4n) is 3.79. The number of urea groups is 1. The largest absolute Gasteiger partial charge is 0.322 e. The van der Waals surface area contributed by atoms with Crippen LogP contribution in [0, 0.1) is 11.6 Å². The number of hydrogen-bond donors (Lipinski definition) is 1. The van der Waals surface area contributed by atoms with Gasteiger partial charge in [-0.15, -0.1) is 0 Å². The summed E-state index contributed by atoms with van der Waals surface area (Å²) in [6.45, 7) is 12.8. The van der Waals surface area contributed by atoms with Crippen molar-refractivity contribution in [1.29, 1.82) is 0 Å². The van der Waals surface area contributed by atoms with Gasteiger partial charge in [-0.2, -0.15) is 0 Å². The molecule has 0 saturated heterocycles. The third-order valence-electron chi connectivity index (χ3n) is 5.16. The van der Waals surface area contributed by atoms with Crippen molar-refractivity contribution in [2.75, 3.05) is 5.32 Å². The molecular weight excluding hydrogens is 394 g/mol. The molecule has 2 aromatic carbocycles. The molecule has 3 rings (SSSR count). The van der Waals surface area contributed by atoms with Crippen LogP contribution in [0.3, 0.4) is 0 Å². The van der Waals surface area contributed by atoms with Gasteiger partial charge in [0.05, 0.1) is 6.54 Å². The Labute approximate surface area is 186 Å². The van der Waals surface area contributed by atoms with E-state index in [1.807, 2.05) is 39.8 Å². The molecule has 2 amide bonds. The minimum atomic E-state index is -0.613. The summed E-state index contributed by atoms with van der Waals surface area (Å²) in [5.74, 6) is -0.656. The van der Waals surface area contributed by atoms with Crippen LogP contribution in [0.15, 0.2) is 36.4 Å². The summed E-state index contributed by atoms with van der Waals surface area (Å²) in [7, 11) is 0. The number of amides is 2. The first kappa shape index (κ1) is 26.6. The summed E-state index contributed by atoms with van der Waals surface area (Å²) in [6.07, 6.45) is 4.62. The van der Waals surface area contributed by atoms with Crippen molar-refractivity contribution in [3.63, 3.8) is 0 Å². The number of rotatable bonds is 6. The first-order valence-corrected chi connectivity index (χ1v) is 11.6. The highest BCUT2D eigenvalue weighted by atomic mass is 19.1. The van der Waals surface area contributed by atoms with Gasteiger partial charge in [0, 0.05) is 23.9 Å². The SMILES string of the molecule is CC.CC.CCCC(CCC)c1ccc(NC(=O)N2Cc3cc(F)cc(F)c3C2)cc1. The van der Waals surface area contributed by atoms with Gasteiger partial charge in [-0.1, -0.05) is 66.5 Å². The Morgan fingerprint density at radius 1 is 0.968 bits per heavy atom. The molecule has 5 heteroatoms. The normalized spacial score (nSPS) is 11.8. The van der Waals surface area contributed by atoms with E-state index in [9.17, 15) is 13.6 Å². The van der Waals surface area contributed by atoms with Gasteiger partial charge in [-0.3, -0.25) is 0 Å². The minimum Gasteiger partial charge on any atom is -0.316 e. The zero-order valence-electron chi connectivity index (χ0n) is 19.9. The van der Waals surface area contributed by atoms with Gasteiger partial charge in [0.1, 0.15) is 11.6 Å². The molecule has 0 fully saturated rings. The van der Waals surface area contributed by atoms with Gasteiger partial charge in [0.25, 0.3) is 0 Å². The van der Waals surface area contributed by atoms with E-state index in [1.54, 1.807) is 0 Å². The molecular formula is C26H38F2N2O. The molecule has 0 bridgehead atoms. The first-order chi connectivity index (χ1) is 15.0. The molecule has 0 unspecified atom stereocenters. The number of nitrogens with one attached hydrogen (secondary N) is 1. The van der Waals surface area contributed by atoms with E-state index in [0.29, 0.717) is 22.7 Å². The van der Waals surface area contributed by atoms with Crippen LogP contribution >= 0.6 is 0 Å². The zero-order valence-corrected chi connectivity index (χ0v) is 19.9. The summed E-state index contributed by atoms with van der Waals surface area (Å²) in [5, 5.41) is 2.85. The van der Waals surface area contributed by atoms with Crippen LogP contribution in [0.1, 0.15) is 89.8 Å². The molecule has 1 N–H and O–H groups in total. The predicted molar refractivity (Wildman–Crippen MR) is 126 cm³/mol. The van der Waals surface area contributed by atoms with Crippen LogP contribution in [0.4, 0.5) is 19.3 Å². The predicted octanol–water partition coefficient (Wildman–Crippen LogP) is 8.25. The van der Waals surface area contributed by atoms with E-state index >= 15 is 0 Å². The topological polar surface area (TPSA) is 32.3 Å². The number of anilines is 1. The number of carbonyl (C=O) groups is 1. The second-order valence-corrected chi connectivity index (χ2v) is 7.21. The third-order valence-corrected chi connectivity index (χ3v) is 5.16. The number of hydrogen-bond acceptors (Lipinski definition) is 1. The molecule has 1 aliphatic heterocycles. The van der Waals surface area contributed by atoms with Crippen molar-refractivity contribution in [2.45, 2.75) is 86.2 Å². The highest BCUT2D eigenvalue weighted by molar-refractivity contribution is 5.89. The Hall–Kier alpha value is -2.43. The molecule has 0 aliphatic carbocycles. The van der Waals surface area contributed by atoms with Crippen LogP contribution in [0.2, 0.25) is 0 Å². The maximum Gasteiger partial charge on any atom is 0.322 e. The maximum atomic E-state index is 13.9. The lowest BCUT2D eigenvalue weighted by atomic mass is 9.90. The monoisotopic (exact) mass is 432 g/mol. The number of benzene rings is 2. The van der Waals surface area contributed by atoms with Crippen LogP contribution in [0.25, 0.3) is 0 Å². The molecule has 0 atom stereocenters. The molecule has 0 radical (unpaired) electrons. The van der Waals surface area contributed by atoms with Gasteiger partial charge in [0.2, 0.25) is 0 Å². The second kappa shape index (κ2) is 13.8. The van der Waals surface area contributed by atoms with Crippen molar-refractivity contribution < 1.29 is 13.6 Å². The molecule has 3 nitrogen and oxygen atoms in total. The zero-order chi connectivity index (χ0) is 23.4. The highest BCUT2D eigenvalue weighted by Crippen LogP contribution is 2.29. The smallest absolute Gasteiger partial charge is 0.316 e. The fraction of sp³-hybridized carbons (Fsp3) is 0.500. The van der Waals surface area contributed by atoms with Crippen molar-refractivity contribution >= 4 is 11.7 Å². The molecule has 1 heterocycles. The lowest BCUT2D eigenvalue weighted by Gasteiger charge is -2.18. The maximum absolute atomic E-state index is 13.9. The molecule has 0 spiro atoms. The molecule has 0 aromatic heterocycles. The molecule has 1 aliphatic rings. The van der Waals surface area contributed by atoms with E-state index in [0.717, 1.165) is 31.7 Å². The van der Waals surface area contributed by atoms with Crippen LogP contribution in [-0.4, -0.2) is 10.9 Å². The Kier molecular flexibility index (Phi) is 11.8. The Morgan fingerprint density at radius 2 is 1.55 bits per heavy atom. The summed E-state index contributed by atoms with van der Waals surface area (Å²) in [5.41, 5.74) is 2.92. The Balaban J connectivity index is 0.00000113. The summed E-state index contributed by atoms with van der Waals surface area (Å²) in [6, 6.07) is 9.81. The molecule has 31 heavy (non-hydrogen) atoms. The van der Waals surface area contributed by atoms with E-state index in [-0.39, 0.29) is 19.1 Å². The van der Waals surface area contributed by atoms with Gasteiger partial charge in [0.15, 0.2) is 0 Å². The van der Waals surface area contributed by atoms with Crippen LogP contribution in [-0.2, 0) is 13.1 Å². The summed E-state index contributed by atoms with van der Waals surface area (Å²) in [4.78, 5) is 14.0. The van der Waals surface area contributed by atoms with Crippen molar-refractivity contribution in [3.8, 4) is 0 Å². The van der Waals surface area contributed by atoms with Crippen molar-refractivity contribution in [1.82, 2.24) is 4.90 Å². The molecule has 172 valence electrons. The fourth-order valence-corrected chi connectivity index (χ4v) is 3.79. The number of nitrogens with zero attached hydrogens (tertiary/aromatic N) is 1. The lowest BCUT2D eigenvalue weighted by molar-refractivity contribution is 0.212. The van der Waals surface area contributed by atoms with E-state index in [1.165, 1.54) is 16.5 Å². The average molecular weight is 433 g/mol. The number of fused-ring (bicyclic) bond motifs is 1. The Morgan fingerprint density at radius 3 is 2.10 bits per heavy atom. The quantitative estimate of drug-likeness (QED) is 0.489. The van der Waals surface area contributed by atoms with Crippen molar-refractivity contribution in [2.24, 2.45) is 0 Å². The van der Waals surface area contributed by atoms with Crippen LogP contribution < -0.4 is 5.32 Å². The highest BCUT2D eigenvalue weighted by Gasteiger charge is 2.26. The second-order valence-electron chi connectivity index (χ2n) is 7.21. The standard InChI is InChI=1S/C22H26F2N2O.2C2H6/c1-3-5-15(6-4-2)16-7-9-19(10-8-16)25-22(27)26-13-17-11-18(23)12-21(24)20(17)14-26;2*1-2/h7-12,15H,3-6,13-14H2,1-2H3,(H,25,27);2*1-2H3. The average Bonchev–Trinajstić information content (AvgIpc) is 3.22. The van der Waals surface area contributed by atoms with E-state index in [4.69, 9.17) is 0 Å². The van der Waals surface area contributed by atoms with E-state index in [2.05, 4.69) is 31.3 Å².